The fourth-order valence-electron chi connectivity index (χ4n) is 3.04. The molecule has 2 saturated heterocycles. The lowest BCUT2D eigenvalue weighted by molar-refractivity contribution is -0.0913. The summed E-state index contributed by atoms with van der Waals surface area (Å²) in [5.74, 6) is 0. The number of ether oxygens (including phenoxy) is 2. The van der Waals surface area contributed by atoms with Gasteiger partial charge in [-0.1, -0.05) is 24.1 Å². The number of sulfonamides is 1. The topological polar surface area (TPSA) is 55.8 Å². The molecular weight excluding hydrogens is 326 g/mol. The maximum Gasteiger partial charge on any atom is 0.244 e. The van der Waals surface area contributed by atoms with Crippen LogP contribution in [0.2, 0.25) is 5.02 Å². The van der Waals surface area contributed by atoms with Gasteiger partial charge in [-0.05, 0) is 37.5 Å². The van der Waals surface area contributed by atoms with Gasteiger partial charge in [0.15, 0.2) is 6.29 Å². The standard InChI is InChI=1S/C15H20ClNO4S/c1-11-5-6-14(12(16)10-11)22(18,19)17-7-3-2-4-13(17)15-20-8-9-21-15/h5-6,10,13,15H,2-4,7-9H2,1H3/t13-/m0/s1. The Morgan fingerprint density at radius 3 is 2.64 bits per heavy atom. The predicted molar refractivity (Wildman–Crippen MR) is 83.4 cm³/mol. The summed E-state index contributed by atoms with van der Waals surface area (Å²) < 4.78 is 38.6. The summed E-state index contributed by atoms with van der Waals surface area (Å²) in [5, 5.41) is 0.262. The summed E-state index contributed by atoms with van der Waals surface area (Å²) in [4.78, 5) is 0.157. The van der Waals surface area contributed by atoms with Crippen molar-refractivity contribution in [1.29, 1.82) is 0 Å². The number of hydrogen-bond donors (Lipinski definition) is 0. The molecule has 1 aromatic rings. The molecule has 0 unspecified atom stereocenters. The Morgan fingerprint density at radius 2 is 1.95 bits per heavy atom. The summed E-state index contributed by atoms with van der Waals surface area (Å²) in [6.07, 6.45) is 2.08. The third-order valence-electron chi connectivity index (χ3n) is 4.13. The highest BCUT2D eigenvalue weighted by Crippen LogP contribution is 2.32. The van der Waals surface area contributed by atoms with Gasteiger partial charge in [0, 0.05) is 6.54 Å². The fourth-order valence-corrected chi connectivity index (χ4v) is 5.30. The highest BCUT2D eigenvalue weighted by atomic mass is 35.5. The Bertz CT molecular complexity index is 643. The van der Waals surface area contributed by atoms with Crippen LogP contribution in [0, 0.1) is 6.92 Å². The van der Waals surface area contributed by atoms with E-state index in [-0.39, 0.29) is 16.0 Å². The second kappa shape index (κ2) is 6.45. The number of benzene rings is 1. The molecule has 1 atom stereocenters. The Kier molecular flexibility index (Phi) is 4.75. The van der Waals surface area contributed by atoms with Crippen molar-refractivity contribution in [3.63, 3.8) is 0 Å². The molecule has 0 spiro atoms. The van der Waals surface area contributed by atoms with E-state index in [0.29, 0.717) is 19.8 Å². The molecule has 0 N–H and O–H groups in total. The molecule has 0 aromatic heterocycles. The molecule has 0 aliphatic carbocycles. The summed E-state index contributed by atoms with van der Waals surface area (Å²) in [5.41, 5.74) is 0.932. The first kappa shape index (κ1) is 16.2. The summed E-state index contributed by atoms with van der Waals surface area (Å²) in [6, 6.07) is 4.74. The first-order valence-electron chi connectivity index (χ1n) is 7.51. The zero-order valence-electron chi connectivity index (χ0n) is 12.5. The van der Waals surface area contributed by atoms with Crippen LogP contribution in [0.25, 0.3) is 0 Å². The molecule has 2 heterocycles. The monoisotopic (exact) mass is 345 g/mol. The van der Waals surface area contributed by atoms with Gasteiger partial charge in [0.1, 0.15) is 4.90 Å². The Balaban J connectivity index is 1.94. The largest absolute Gasteiger partial charge is 0.349 e. The third kappa shape index (κ3) is 3.03. The lowest BCUT2D eigenvalue weighted by Gasteiger charge is -2.37. The van der Waals surface area contributed by atoms with E-state index in [1.165, 1.54) is 4.31 Å². The van der Waals surface area contributed by atoms with Crippen LogP contribution in [-0.4, -0.2) is 44.8 Å². The van der Waals surface area contributed by atoms with Crippen molar-refractivity contribution >= 4 is 21.6 Å². The van der Waals surface area contributed by atoms with Gasteiger partial charge in [0.25, 0.3) is 0 Å². The molecule has 22 heavy (non-hydrogen) atoms. The molecule has 0 bridgehead atoms. The van der Waals surface area contributed by atoms with Gasteiger partial charge in [-0.15, -0.1) is 0 Å². The van der Waals surface area contributed by atoms with Crippen LogP contribution in [-0.2, 0) is 19.5 Å². The van der Waals surface area contributed by atoms with Crippen LogP contribution >= 0.6 is 11.6 Å². The third-order valence-corrected chi connectivity index (χ3v) is 6.54. The molecule has 3 rings (SSSR count). The number of aryl methyl sites for hydroxylation is 1. The highest BCUT2D eigenvalue weighted by molar-refractivity contribution is 7.89. The number of piperidine rings is 1. The van der Waals surface area contributed by atoms with Crippen LogP contribution in [0.1, 0.15) is 24.8 Å². The summed E-state index contributed by atoms with van der Waals surface area (Å²) in [7, 11) is -3.65. The van der Waals surface area contributed by atoms with Crippen LogP contribution in [0.3, 0.4) is 0 Å². The normalized spacial score (nSPS) is 24.7. The maximum atomic E-state index is 13.0. The van der Waals surface area contributed by atoms with E-state index in [4.69, 9.17) is 21.1 Å². The minimum Gasteiger partial charge on any atom is -0.349 e. The van der Waals surface area contributed by atoms with Crippen LogP contribution < -0.4 is 0 Å². The van der Waals surface area contributed by atoms with Gasteiger partial charge >= 0.3 is 0 Å². The van der Waals surface area contributed by atoms with Crippen molar-refractivity contribution in [3.05, 3.63) is 28.8 Å². The average Bonchev–Trinajstić information content (AvgIpc) is 3.01. The number of halogens is 1. The van der Waals surface area contributed by atoms with E-state index in [0.717, 1.165) is 24.8 Å². The Hall–Kier alpha value is -0.660. The van der Waals surface area contributed by atoms with Crippen molar-refractivity contribution in [2.45, 2.75) is 43.4 Å². The molecule has 122 valence electrons. The van der Waals surface area contributed by atoms with E-state index < -0.39 is 16.3 Å². The van der Waals surface area contributed by atoms with E-state index in [1.807, 2.05) is 6.92 Å². The highest BCUT2D eigenvalue weighted by Gasteiger charge is 2.41. The van der Waals surface area contributed by atoms with Crippen molar-refractivity contribution < 1.29 is 17.9 Å². The molecule has 2 fully saturated rings. The second-order valence-corrected chi connectivity index (χ2v) is 7.99. The van der Waals surface area contributed by atoms with E-state index in [1.54, 1.807) is 18.2 Å². The molecule has 2 aliphatic rings. The minimum absolute atomic E-state index is 0.157. The lowest BCUT2D eigenvalue weighted by Crippen LogP contribution is -2.50. The molecule has 0 saturated carbocycles. The van der Waals surface area contributed by atoms with Gasteiger partial charge < -0.3 is 9.47 Å². The smallest absolute Gasteiger partial charge is 0.244 e. The van der Waals surface area contributed by atoms with Gasteiger partial charge in [-0.3, -0.25) is 0 Å². The quantitative estimate of drug-likeness (QED) is 0.844. The fraction of sp³-hybridized carbons (Fsp3) is 0.600. The van der Waals surface area contributed by atoms with Crippen LogP contribution in [0.5, 0.6) is 0 Å². The van der Waals surface area contributed by atoms with Crippen molar-refractivity contribution in [1.82, 2.24) is 4.31 Å². The maximum absolute atomic E-state index is 13.0. The lowest BCUT2D eigenvalue weighted by atomic mass is 10.0. The first-order chi connectivity index (χ1) is 10.5. The van der Waals surface area contributed by atoms with Crippen LogP contribution in [0.15, 0.2) is 23.1 Å². The first-order valence-corrected chi connectivity index (χ1v) is 9.33. The Morgan fingerprint density at radius 1 is 1.23 bits per heavy atom. The molecule has 2 aliphatic heterocycles. The summed E-state index contributed by atoms with van der Waals surface area (Å²) >= 11 is 6.17. The van der Waals surface area contributed by atoms with Crippen LogP contribution in [0.4, 0.5) is 0 Å². The molecule has 1 aromatic carbocycles. The second-order valence-electron chi connectivity index (χ2n) is 5.72. The van der Waals surface area contributed by atoms with Gasteiger partial charge in [0.2, 0.25) is 10.0 Å². The molecule has 5 nitrogen and oxygen atoms in total. The van der Waals surface area contributed by atoms with Gasteiger partial charge in [0.05, 0.1) is 24.3 Å². The average molecular weight is 346 g/mol. The number of rotatable bonds is 3. The van der Waals surface area contributed by atoms with E-state index in [9.17, 15) is 8.42 Å². The molecular formula is C15H20ClNO4S. The van der Waals surface area contributed by atoms with Crippen molar-refractivity contribution in [3.8, 4) is 0 Å². The molecule has 0 radical (unpaired) electrons. The van der Waals surface area contributed by atoms with Crippen molar-refractivity contribution in [2.75, 3.05) is 19.8 Å². The SMILES string of the molecule is Cc1ccc(S(=O)(=O)N2CCCC[C@H]2C2OCCO2)c(Cl)c1. The predicted octanol–water partition coefficient (Wildman–Crippen LogP) is 2.56. The Labute approximate surface area is 136 Å². The number of hydrogen-bond acceptors (Lipinski definition) is 4. The van der Waals surface area contributed by atoms with Gasteiger partial charge in [-0.2, -0.15) is 4.31 Å². The van der Waals surface area contributed by atoms with Crippen molar-refractivity contribution in [2.24, 2.45) is 0 Å². The summed E-state index contributed by atoms with van der Waals surface area (Å²) in [6.45, 7) is 3.38. The zero-order valence-corrected chi connectivity index (χ0v) is 14.1. The molecule has 0 amide bonds. The number of nitrogens with zero attached hydrogens (tertiary/aromatic N) is 1. The van der Waals surface area contributed by atoms with E-state index in [2.05, 4.69) is 0 Å². The van der Waals surface area contributed by atoms with E-state index >= 15 is 0 Å². The zero-order chi connectivity index (χ0) is 15.7. The van der Waals surface area contributed by atoms with Gasteiger partial charge in [-0.25, -0.2) is 8.42 Å². The minimum atomic E-state index is -3.65. The molecule has 7 heteroatoms.